The number of rotatable bonds is 5. The first kappa shape index (κ1) is 30.1. The van der Waals surface area contributed by atoms with Gasteiger partial charge in [0.2, 0.25) is 0 Å². The van der Waals surface area contributed by atoms with Crippen molar-refractivity contribution in [1.29, 1.82) is 0 Å². The summed E-state index contributed by atoms with van der Waals surface area (Å²) in [6, 6.07) is 20.2. The minimum absolute atomic E-state index is 0.153. The van der Waals surface area contributed by atoms with Crippen LogP contribution in [-0.2, 0) is 0 Å². The summed E-state index contributed by atoms with van der Waals surface area (Å²) < 4.78 is 77.3. The van der Waals surface area contributed by atoms with Gasteiger partial charge in [0.25, 0.3) is 6.17 Å². The number of pyridine rings is 1. The second kappa shape index (κ2) is 12.9. The molecule has 2 heterocycles. The maximum Gasteiger partial charge on any atom is 0.280 e. The number of benzene rings is 2. The summed E-state index contributed by atoms with van der Waals surface area (Å²) in [6.45, 7) is 0. The van der Waals surface area contributed by atoms with Gasteiger partial charge in [0.05, 0.1) is 12.6 Å². The molecule has 0 fully saturated rings. The van der Waals surface area contributed by atoms with Crippen LogP contribution in [0.25, 0.3) is 11.0 Å². The Morgan fingerprint density at radius 2 is 1.32 bits per heavy atom. The summed E-state index contributed by atoms with van der Waals surface area (Å²) in [4.78, 5) is 2.08. The summed E-state index contributed by atoms with van der Waals surface area (Å²) in [5.41, 5.74) is 4.10. The zero-order valence-corrected chi connectivity index (χ0v) is 21.2. The fraction of sp³-hybridized carbons (Fsp3) is 0.190. The first-order valence-corrected chi connectivity index (χ1v) is 12.5. The quantitative estimate of drug-likeness (QED) is 0.208. The van der Waals surface area contributed by atoms with Crippen molar-refractivity contribution in [3.8, 4) is 5.75 Å². The molecule has 2 aromatic carbocycles. The number of aromatic nitrogens is 4. The predicted molar refractivity (Wildman–Crippen MR) is 105 cm³/mol. The summed E-state index contributed by atoms with van der Waals surface area (Å²) >= 11 is 0. The number of nitrogens with zero attached hydrogens (tertiary/aromatic N) is 5. The van der Waals surface area contributed by atoms with E-state index in [0.29, 0.717) is 0 Å². The van der Waals surface area contributed by atoms with Crippen LogP contribution in [0.4, 0.5) is 5.69 Å². The lowest BCUT2D eigenvalue weighted by Crippen LogP contribution is -2.68. The van der Waals surface area contributed by atoms with Crippen LogP contribution in [-0.4, -0.2) is 36.2 Å². The average Bonchev–Trinajstić information content (AvgIpc) is 3.22. The van der Waals surface area contributed by atoms with Gasteiger partial charge in [-0.25, -0.2) is 37.3 Å². The number of fused-ring (bicyclic) bond motifs is 1. The molecule has 0 saturated heterocycles. The smallest absolute Gasteiger partial charge is 0.280 e. The predicted octanol–water partition coefficient (Wildman–Crippen LogP) is -6.62. The molecule has 4 aromatic rings. The van der Waals surface area contributed by atoms with E-state index in [9.17, 15) is 0 Å². The lowest BCUT2D eigenvalue weighted by atomic mass is 10.1. The van der Waals surface area contributed by atoms with Gasteiger partial charge in [0.15, 0.2) is 12.4 Å². The number of hydrogen-bond acceptors (Lipinski definition) is 12. The van der Waals surface area contributed by atoms with E-state index in [1.165, 1.54) is 0 Å². The van der Waals surface area contributed by atoms with Crippen molar-refractivity contribution < 1.29 is 67.1 Å². The van der Waals surface area contributed by atoms with E-state index >= 15 is 0 Å². The second-order valence-electron chi connectivity index (χ2n) is 7.32. The Labute approximate surface area is 215 Å². The van der Waals surface area contributed by atoms with Crippen molar-refractivity contribution in [2.24, 2.45) is 0 Å². The molecule has 0 bridgehead atoms. The van der Waals surface area contributed by atoms with E-state index in [2.05, 4.69) is 56.4 Å². The van der Waals surface area contributed by atoms with Crippen molar-refractivity contribution in [2.45, 2.75) is 6.17 Å². The number of para-hydroxylation sites is 1. The van der Waals surface area contributed by atoms with Gasteiger partial charge in [-0.15, -0.1) is 25.6 Å². The lowest BCUT2D eigenvalue weighted by Gasteiger charge is -2.17. The third-order valence-electron chi connectivity index (χ3n) is 4.66. The second-order valence-corrected chi connectivity index (χ2v) is 8.84. The number of halogens is 2. The molecule has 0 aliphatic carbocycles. The number of hydrogen-bond donors (Lipinski definition) is 0. The molecule has 2 aromatic heterocycles. The first-order valence-electron chi connectivity index (χ1n) is 10.0. The molecule has 1 unspecified atom stereocenters. The van der Waals surface area contributed by atoms with Crippen LogP contribution in [0.2, 0.25) is 0 Å². The molecule has 0 amide bonds. The Balaban J connectivity index is 0.000000412. The fourth-order valence-electron chi connectivity index (χ4n) is 3.17. The normalized spacial score (nSPS) is 12.1. The molecule has 4 rings (SSSR count). The van der Waals surface area contributed by atoms with E-state index in [-0.39, 0.29) is 6.17 Å². The Morgan fingerprint density at radius 3 is 1.81 bits per heavy atom. The highest BCUT2D eigenvalue weighted by Crippen LogP contribution is 2.22. The molecular formula is C21H22Cl2N5O9-. The monoisotopic (exact) mass is 558 g/mol. The molecule has 16 heteroatoms. The minimum Gasteiger partial charge on any atom is -0.497 e. The van der Waals surface area contributed by atoms with Crippen molar-refractivity contribution in [2.75, 3.05) is 26.1 Å². The van der Waals surface area contributed by atoms with E-state index in [1.807, 2.05) is 55.2 Å². The molecule has 0 aliphatic heterocycles. The summed E-state index contributed by atoms with van der Waals surface area (Å²) in [5.74, 6) is 0.828. The van der Waals surface area contributed by atoms with Crippen LogP contribution in [0.15, 0.2) is 73.1 Å². The van der Waals surface area contributed by atoms with Gasteiger partial charge in [0, 0.05) is 37.5 Å². The van der Waals surface area contributed by atoms with E-state index in [4.69, 9.17) is 42.0 Å². The lowest BCUT2D eigenvalue weighted by molar-refractivity contribution is -2.00. The molecule has 0 saturated carbocycles. The van der Waals surface area contributed by atoms with Gasteiger partial charge in [-0.05, 0) is 36.4 Å². The molecule has 200 valence electrons. The van der Waals surface area contributed by atoms with Crippen molar-refractivity contribution in [3.63, 3.8) is 0 Å². The summed E-state index contributed by atoms with van der Waals surface area (Å²) in [5, 5.41) is 8.79. The minimum atomic E-state index is -4.94. The highest BCUT2D eigenvalue weighted by molar-refractivity contribution is 5.74. The van der Waals surface area contributed by atoms with E-state index < -0.39 is 20.5 Å². The van der Waals surface area contributed by atoms with Crippen LogP contribution in [0.3, 0.4) is 0 Å². The molecule has 0 N–H and O–H groups in total. The molecule has 0 spiro atoms. The van der Waals surface area contributed by atoms with Crippen molar-refractivity contribution in [1.82, 2.24) is 15.0 Å². The molecule has 1 atom stereocenters. The Kier molecular flexibility index (Phi) is 10.5. The van der Waals surface area contributed by atoms with Gasteiger partial charge < -0.3 is 9.64 Å². The third-order valence-corrected chi connectivity index (χ3v) is 4.66. The highest BCUT2D eigenvalue weighted by Gasteiger charge is 2.26. The Hall–Kier alpha value is -3.15. The van der Waals surface area contributed by atoms with Crippen molar-refractivity contribution >= 4 is 16.7 Å². The summed E-state index contributed by atoms with van der Waals surface area (Å²) in [7, 11) is -4.15. The van der Waals surface area contributed by atoms with E-state index in [0.717, 1.165) is 28.0 Å². The van der Waals surface area contributed by atoms with Gasteiger partial charge in [-0.2, -0.15) is 9.25 Å². The summed E-state index contributed by atoms with van der Waals surface area (Å²) in [6.07, 6.45) is 3.99. The number of ether oxygens (including phenoxy) is 1. The Bertz CT molecular complexity index is 1220. The molecule has 0 aliphatic rings. The largest absolute Gasteiger partial charge is 0.497 e. The SMILES string of the molecule is COc1ccc(C(n2nnc3ccccc32)[n+]2ccc(N(C)C)cc2)cc1.[O-][Cl+3]([O-])([O-])[O-].[O-][Cl+3]([O-])([O-])[O-]. The standard InChI is InChI=1S/C21H22N5O.2ClHO4/c1-24(2)17-12-14-25(15-13-17)21(16-8-10-18(27-3)11-9-16)26-20-7-5-4-6-19(20)22-23-26;2*2-1(3,4)5/h4-15,21H,1-3H3;2*(H,2,3,4,5)/q+1;;/p-2. The Morgan fingerprint density at radius 1 is 0.811 bits per heavy atom. The van der Waals surface area contributed by atoms with Crippen LogP contribution in [0, 0.1) is 20.5 Å². The van der Waals surface area contributed by atoms with Crippen LogP contribution < -0.4 is 51.5 Å². The van der Waals surface area contributed by atoms with Gasteiger partial charge >= 0.3 is 0 Å². The van der Waals surface area contributed by atoms with Crippen molar-refractivity contribution in [3.05, 3.63) is 78.6 Å². The number of methoxy groups -OCH3 is 1. The molecule has 0 radical (unpaired) electrons. The first-order chi connectivity index (χ1) is 17.2. The van der Waals surface area contributed by atoms with Crippen LogP contribution >= 0.6 is 0 Å². The average molecular weight is 559 g/mol. The topological polar surface area (TPSA) is 232 Å². The maximum atomic E-state index is 8.49. The van der Waals surface area contributed by atoms with Gasteiger partial charge in [-0.1, -0.05) is 17.3 Å². The zero-order chi connectivity index (χ0) is 27.8. The fourth-order valence-corrected chi connectivity index (χ4v) is 3.17. The highest BCUT2D eigenvalue weighted by atomic mass is 35.7. The molecule has 37 heavy (non-hydrogen) atoms. The zero-order valence-electron chi connectivity index (χ0n) is 19.7. The van der Waals surface area contributed by atoms with Crippen LogP contribution in [0.1, 0.15) is 11.7 Å². The maximum absolute atomic E-state index is 8.49. The third kappa shape index (κ3) is 10.4. The molecular weight excluding hydrogens is 537 g/mol. The number of anilines is 1. The van der Waals surface area contributed by atoms with E-state index in [1.54, 1.807) is 7.11 Å². The van der Waals surface area contributed by atoms with Crippen LogP contribution in [0.5, 0.6) is 5.75 Å². The van der Waals surface area contributed by atoms with Gasteiger partial charge in [-0.3, -0.25) is 0 Å². The molecule has 14 nitrogen and oxygen atoms in total. The van der Waals surface area contributed by atoms with Gasteiger partial charge in [0.1, 0.15) is 11.3 Å².